The number of aromatic nitrogens is 1. The van der Waals surface area contributed by atoms with Gasteiger partial charge in [-0.3, -0.25) is 0 Å². The molecule has 3 N–H and O–H groups in total. The second kappa shape index (κ2) is 9.73. The first kappa shape index (κ1) is 10.5. The fourth-order valence-electron chi connectivity index (χ4n) is 0.278. The highest BCUT2D eigenvalue weighted by molar-refractivity contribution is 5.85. The molecule has 1 heterocycles. The van der Waals surface area contributed by atoms with Gasteiger partial charge in [-0.25, -0.2) is 0 Å². The lowest BCUT2D eigenvalue weighted by Gasteiger charge is -1.49. The molecule has 1 aromatic heterocycles. The summed E-state index contributed by atoms with van der Waals surface area (Å²) >= 11 is 0. The van der Waals surface area contributed by atoms with Crippen molar-refractivity contribution >= 4 is 12.4 Å². The topological polar surface area (TPSA) is 41.8 Å². The Morgan fingerprint density at radius 2 is 1.50 bits per heavy atom. The summed E-state index contributed by atoms with van der Waals surface area (Å²) in [4.78, 5) is 2.86. The van der Waals surface area contributed by atoms with Gasteiger partial charge in [0, 0.05) is 12.4 Å². The molecule has 0 saturated heterocycles. The SMILES string of the molecule is CN.Cl.c1cc[nH]c1. The van der Waals surface area contributed by atoms with Crippen LogP contribution in [0.2, 0.25) is 0 Å². The van der Waals surface area contributed by atoms with Crippen molar-refractivity contribution in [2.75, 3.05) is 7.05 Å². The Morgan fingerprint density at radius 3 is 1.62 bits per heavy atom. The molecule has 0 unspecified atom stereocenters. The molecule has 0 saturated carbocycles. The van der Waals surface area contributed by atoms with Gasteiger partial charge in [0.2, 0.25) is 0 Å². The maximum Gasteiger partial charge on any atom is 0.000496 e. The van der Waals surface area contributed by atoms with E-state index >= 15 is 0 Å². The lowest BCUT2D eigenvalue weighted by molar-refractivity contribution is 1.42. The zero-order chi connectivity index (χ0) is 5.54. The standard InChI is InChI=1S/C4H5N.CH5N.ClH/c1-2-4-5-3-1;1-2;/h1-5H;2H2,1H3;1H. The predicted molar refractivity (Wildman–Crippen MR) is 38.2 cm³/mol. The van der Waals surface area contributed by atoms with Crippen LogP contribution in [0, 0.1) is 0 Å². The van der Waals surface area contributed by atoms with Gasteiger partial charge in [-0.05, 0) is 19.2 Å². The van der Waals surface area contributed by atoms with Crippen molar-refractivity contribution in [1.82, 2.24) is 4.98 Å². The van der Waals surface area contributed by atoms with Crippen LogP contribution in [-0.4, -0.2) is 12.0 Å². The van der Waals surface area contributed by atoms with Crippen LogP contribution in [0.1, 0.15) is 0 Å². The van der Waals surface area contributed by atoms with Crippen molar-refractivity contribution in [2.45, 2.75) is 0 Å². The minimum absolute atomic E-state index is 0. The zero-order valence-electron chi connectivity index (χ0n) is 4.79. The van der Waals surface area contributed by atoms with E-state index in [1.54, 1.807) is 0 Å². The molecule has 0 bridgehead atoms. The molecule has 2 nitrogen and oxygen atoms in total. The Kier molecular flexibility index (Phi) is 12.8. The number of halogens is 1. The van der Waals surface area contributed by atoms with Gasteiger partial charge >= 0.3 is 0 Å². The molecule has 0 aromatic carbocycles. The van der Waals surface area contributed by atoms with E-state index in [9.17, 15) is 0 Å². The largest absolute Gasteiger partial charge is 0.368 e. The smallest absolute Gasteiger partial charge is 0.000496 e. The van der Waals surface area contributed by atoms with E-state index in [0.29, 0.717) is 0 Å². The molecule has 48 valence electrons. The van der Waals surface area contributed by atoms with E-state index in [1.165, 1.54) is 7.05 Å². The summed E-state index contributed by atoms with van der Waals surface area (Å²) in [5, 5.41) is 0. The van der Waals surface area contributed by atoms with Gasteiger partial charge in [-0.15, -0.1) is 12.4 Å². The zero-order valence-corrected chi connectivity index (χ0v) is 5.61. The number of hydrogen-bond donors (Lipinski definition) is 2. The van der Waals surface area contributed by atoms with E-state index in [-0.39, 0.29) is 12.4 Å². The normalized spacial score (nSPS) is 5.75. The van der Waals surface area contributed by atoms with Crippen molar-refractivity contribution in [3.8, 4) is 0 Å². The minimum atomic E-state index is 0. The maximum absolute atomic E-state index is 4.50. The fraction of sp³-hybridized carbons (Fsp3) is 0.200. The Balaban J connectivity index is 0. The minimum Gasteiger partial charge on any atom is -0.368 e. The summed E-state index contributed by atoms with van der Waals surface area (Å²) in [6.45, 7) is 0. The van der Waals surface area contributed by atoms with Crippen LogP contribution in [0.3, 0.4) is 0 Å². The molecule has 1 rings (SSSR count). The van der Waals surface area contributed by atoms with Crippen molar-refractivity contribution in [3.05, 3.63) is 24.5 Å². The van der Waals surface area contributed by atoms with Gasteiger partial charge in [0.1, 0.15) is 0 Å². The van der Waals surface area contributed by atoms with Crippen molar-refractivity contribution in [1.29, 1.82) is 0 Å². The summed E-state index contributed by atoms with van der Waals surface area (Å²) in [6, 6.07) is 3.89. The third kappa shape index (κ3) is 5.53. The van der Waals surface area contributed by atoms with Gasteiger partial charge in [0.05, 0.1) is 0 Å². The van der Waals surface area contributed by atoms with E-state index in [1.807, 2.05) is 24.5 Å². The molecule has 0 atom stereocenters. The fourth-order valence-corrected chi connectivity index (χ4v) is 0.278. The van der Waals surface area contributed by atoms with Crippen LogP contribution in [0.15, 0.2) is 24.5 Å². The van der Waals surface area contributed by atoms with E-state index in [2.05, 4.69) is 10.7 Å². The second-order valence-corrected chi connectivity index (χ2v) is 0.885. The summed E-state index contributed by atoms with van der Waals surface area (Å²) in [5.74, 6) is 0. The number of nitrogens with one attached hydrogen (secondary N) is 1. The molecule has 0 aliphatic carbocycles. The Bertz CT molecular complexity index is 66.9. The second-order valence-electron chi connectivity index (χ2n) is 0.885. The quantitative estimate of drug-likeness (QED) is 0.547. The number of hydrogen-bond acceptors (Lipinski definition) is 1. The molecule has 0 aliphatic rings. The number of rotatable bonds is 0. The Hall–Kier alpha value is -0.470. The van der Waals surface area contributed by atoms with Crippen molar-refractivity contribution in [2.24, 2.45) is 5.73 Å². The van der Waals surface area contributed by atoms with Gasteiger partial charge < -0.3 is 10.7 Å². The van der Waals surface area contributed by atoms with Crippen molar-refractivity contribution in [3.63, 3.8) is 0 Å². The molecule has 0 amide bonds. The lowest BCUT2D eigenvalue weighted by atomic mass is 10.7. The molecule has 3 heteroatoms. The van der Waals surface area contributed by atoms with Crippen LogP contribution in [-0.2, 0) is 0 Å². The Labute approximate surface area is 55.5 Å². The average molecular weight is 135 g/mol. The lowest BCUT2D eigenvalue weighted by Crippen LogP contribution is -1.69. The summed E-state index contributed by atoms with van der Waals surface area (Å²) < 4.78 is 0. The van der Waals surface area contributed by atoms with Gasteiger partial charge in [0.25, 0.3) is 0 Å². The third-order valence-electron chi connectivity index (χ3n) is 0.496. The highest BCUT2D eigenvalue weighted by Crippen LogP contribution is 1.72. The number of H-pyrrole nitrogens is 1. The molecule has 1 aromatic rings. The summed E-state index contributed by atoms with van der Waals surface area (Å²) in [7, 11) is 1.50. The monoisotopic (exact) mass is 134 g/mol. The first-order valence-electron chi connectivity index (χ1n) is 2.15. The molecular weight excluding hydrogens is 124 g/mol. The third-order valence-corrected chi connectivity index (χ3v) is 0.496. The number of nitrogens with two attached hydrogens (primary N) is 1. The number of aromatic amines is 1. The van der Waals surface area contributed by atoms with Crippen LogP contribution < -0.4 is 5.73 Å². The predicted octanol–water partition coefficient (Wildman–Crippen LogP) is 1.01. The molecular formula is C5H11ClN2. The van der Waals surface area contributed by atoms with Crippen LogP contribution in [0.4, 0.5) is 0 Å². The van der Waals surface area contributed by atoms with Crippen LogP contribution >= 0.6 is 12.4 Å². The Morgan fingerprint density at radius 1 is 1.12 bits per heavy atom. The maximum atomic E-state index is 4.50. The molecule has 0 aliphatic heterocycles. The first-order valence-corrected chi connectivity index (χ1v) is 2.15. The average Bonchev–Trinajstić information content (AvgIpc) is 2.23. The summed E-state index contributed by atoms with van der Waals surface area (Å²) in [5.41, 5.74) is 4.50. The summed E-state index contributed by atoms with van der Waals surface area (Å²) in [6.07, 6.45) is 3.75. The van der Waals surface area contributed by atoms with Gasteiger partial charge in [-0.2, -0.15) is 0 Å². The van der Waals surface area contributed by atoms with Crippen molar-refractivity contribution < 1.29 is 0 Å². The molecule has 8 heavy (non-hydrogen) atoms. The highest BCUT2D eigenvalue weighted by atomic mass is 35.5. The van der Waals surface area contributed by atoms with Gasteiger partial charge in [-0.1, -0.05) is 0 Å². The van der Waals surface area contributed by atoms with E-state index in [4.69, 9.17) is 0 Å². The van der Waals surface area contributed by atoms with Crippen LogP contribution in [0.25, 0.3) is 0 Å². The molecule has 0 radical (unpaired) electrons. The van der Waals surface area contributed by atoms with Crippen LogP contribution in [0.5, 0.6) is 0 Å². The van der Waals surface area contributed by atoms with E-state index < -0.39 is 0 Å². The van der Waals surface area contributed by atoms with E-state index in [0.717, 1.165) is 0 Å². The highest BCUT2D eigenvalue weighted by Gasteiger charge is 1.55. The molecule has 0 spiro atoms. The molecule has 0 fully saturated rings. The first-order chi connectivity index (χ1) is 3.50. The van der Waals surface area contributed by atoms with Gasteiger partial charge in [0.15, 0.2) is 0 Å².